The van der Waals surface area contributed by atoms with Gasteiger partial charge in [-0.25, -0.2) is 9.97 Å². The van der Waals surface area contributed by atoms with E-state index in [1.54, 1.807) is 7.11 Å². The molecule has 1 N–H and O–H groups in total. The fourth-order valence-electron chi connectivity index (χ4n) is 2.52. The molecule has 1 aliphatic rings. The average molecular weight is 319 g/mol. The van der Waals surface area contributed by atoms with Crippen LogP contribution >= 0.6 is 11.5 Å². The van der Waals surface area contributed by atoms with E-state index in [4.69, 9.17) is 9.72 Å². The van der Waals surface area contributed by atoms with Crippen LogP contribution in [0.5, 0.6) is 0 Å². The monoisotopic (exact) mass is 319 g/mol. The number of ether oxygens (including phenoxy) is 1. The minimum Gasteiger partial charge on any atom is -0.384 e. The summed E-state index contributed by atoms with van der Waals surface area (Å²) in [5.74, 6) is 1.88. The van der Waals surface area contributed by atoms with Crippen LogP contribution in [0.4, 0.5) is 16.6 Å². The van der Waals surface area contributed by atoms with Gasteiger partial charge in [0.2, 0.25) is 5.13 Å². The Morgan fingerprint density at radius 1 is 1.27 bits per heavy atom. The summed E-state index contributed by atoms with van der Waals surface area (Å²) < 4.78 is 9.36. The predicted octanol–water partition coefficient (Wildman–Crippen LogP) is 2.77. The molecule has 0 unspecified atom stereocenters. The number of nitrogens with zero attached hydrogens (tertiary/aromatic N) is 4. The second-order valence-electron chi connectivity index (χ2n) is 5.38. The first-order chi connectivity index (χ1) is 10.8. The molecule has 6 nitrogen and oxygen atoms in total. The Hall–Kier alpha value is -1.73. The first-order valence-corrected chi connectivity index (χ1v) is 8.35. The van der Waals surface area contributed by atoms with Gasteiger partial charge in [0, 0.05) is 38.2 Å². The van der Waals surface area contributed by atoms with E-state index in [-0.39, 0.29) is 0 Å². The number of hydrogen-bond donors (Lipinski definition) is 1. The average Bonchev–Trinajstić information content (AvgIpc) is 3.19. The highest BCUT2D eigenvalue weighted by Crippen LogP contribution is 2.25. The van der Waals surface area contributed by atoms with E-state index in [1.165, 1.54) is 24.4 Å². The van der Waals surface area contributed by atoms with E-state index >= 15 is 0 Å². The van der Waals surface area contributed by atoms with Crippen molar-refractivity contribution in [2.24, 2.45) is 0 Å². The van der Waals surface area contributed by atoms with Gasteiger partial charge < -0.3 is 15.0 Å². The van der Waals surface area contributed by atoms with Crippen molar-refractivity contribution in [3.63, 3.8) is 0 Å². The molecule has 0 aromatic carbocycles. The quantitative estimate of drug-likeness (QED) is 0.883. The van der Waals surface area contributed by atoms with Gasteiger partial charge in [0.25, 0.3) is 0 Å². The van der Waals surface area contributed by atoms with Crippen LogP contribution in [0.15, 0.2) is 12.1 Å². The fourth-order valence-corrected chi connectivity index (χ4v) is 3.14. The van der Waals surface area contributed by atoms with Crippen molar-refractivity contribution in [3.05, 3.63) is 23.7 Å². The molecule has 2 aromatic rings. The zero-order chi connectivity index (χ0) is 15.4. The molecule has 7 heteroatoms. The second-order valence-corrected chi connectivity index (χ2v) is 6.13. The number of methoxy groups -OCH3 is 1. The van der Waals surface area contributed by atoms with Gasteiger partial charge in [0.1, 0.15) is 11.6 Å². The Morgan fingerprint density at radius 3 is 2.82 bits per heavy atom. The lowest BCUT2D eigenvalue weighted by Crippen LogP contribution is -2.19. The fraction of sp³-hybridized carbons (Fsp3) is 0.533. The van der Waals surface area contributed by atoms with Crippen molar-refractivity contribution in [1.82, 2.24) is 14.3 Å². The molecule has 3 heterocycles. The van der Waals surface area contributed by atoms with Gasteiger partial charge in [-0.2, -0.15) is 4.37 Å². The lowest BCUT2D eigenvalue weighted by molar-refractivity contribution is 0.201. The van der Waals surface area contributed by atoms with Gasteiger partial charge in [-0.3, -0.25) is 0 Å². The maximum absolute atomic E-state index is 5.04. The van der Waals surface area contributed by atoms with Gasteiger partial charge in [-0.05, 0) is 31.9 Å². The van der Waals surface area contributed by atoms with Crippen molar-refractivity contribution in [3.8, 4) is 0 Å². The number of aryl methyl sites for hydroxylation is 1. The summed E-state index contributed by atoms with van der Waals surface area (Å²) in [5.41, 5.74) is 1.97. The molecular weight excluding hydrogens is 298 g/mol. The van der Waals surface area contributed by atoms with Crippen molar-refractivity contribution in [2.45, 2.75) is 26.2 Å². The molecule has 22 heavy (non-hydrogen) atoms. The summed E-state index contributed by atoms with van der Waals surface area (Å²) in [6.45, 7) is 4.88. The molecule has 118 valence electrons. The molecule has 1 saturated heterocycles. The van der Waals surface area contributed by atoms with Crippen molar-refractivity contribution in [1.29, 1.82) is 0 Å². The van der Waals surface area contributed by atoms with Crippen molar-refractivity contribution < 1.29 is 4.74 Å². The third kappa shape index (κ3) is 3.53. The van der Waals surface area contributed by atoms with Crippen LogP contribution in [0.25, 0.3) is 0 Å². The van der Waals surface area contributed by atoms with Gasteiger partial charge in [0.05, 0.1) is 18.0 Å². The van der Waals surface area contributed by atoms with Crippen LogP contribution in [0.1, 0.15) is 24.4 Å². The first kappa shape index (κ1) is 15.2. The third-order valence-electron chi connectivity index (χ3n) is 3.74. The maximum atomic E-state index is 5.04. The highest BCUT2D eigenvalue weighted by atomic mass is 32.1. The van der Waals surface area contributed by atoms with E-state index in [9.17, 15) is 0 Å². The van der Waals surface area contributed by atoms with Gasteiger partial charge >= 0.3 is 0 Å². The molecular formula is C15H21N5OS. The first-order valence-electron chi connectivity index (χ1n) is 7.57. The number of pyridine rings is 1. The number of anilines is 3. The van der Waals surface area contributed by atoms with Crippen molar-refractivity contribution >= 4 is 28.2 Å². The highest BCUT2D eigenvalue weighted by Gasteiger charge is 2.14. The Balaban J connectivity index is 1.68. The van der Waals surface area contributed by atoms with Crippen LogP contribution in [0.2, 0.25) is 0 Å². The van der Waals surface area contributed by atoms with Gasteiger partial charge in [-0.1, -0.05) is 0 Å². The van der Waals surface area contributed by atoms with Crippen LogP contribution in [-0.2, 0) is 11.2 Å². The maximum Gasteiger partial charge on any atom is 0.207 e. The number of hydrogen-bond acceptors (Lipinski definition) is 7. The highest BCUT2D eigenvalue weighted by molar-refractivity contribution is 7.09. The number of rotatable bonds is 6. The zero-order valence-electron chi connectivity index (χ0n) is 13.0. The number of nitrogens with one attached hydrogen (secondary N) is 1. The van der Waals surface area contributed by atoms with Crippen LogP contribution in [0.3, 0.4) is 0 Å². The summed E-state index contributed by atoms with van der Waals surface area (Å²) in [6.07, 6.45) is 3.26. The minimum atomic E-state index is 0.640. The lowest BCUT2D eigenvalue weighted by Gasteiger charge is -2.17. The van der Waals surface area contributed by atoms with E-state index in [0.717, 1.165) is 47.7 Å². The Kier molecular flexibility index (Phi) is 4.84. The van der Waals surface area contributed by atoms with Crippen LogP contribution in [-0.4, -0.2) is 41.1 Å². The van der Waals surface area contributed by atoms with Gasteiger partial charge in [-0.15, -0.1) is 0 Å². The molecule has 0 saturated carbocycles. The molecule has 0 radical (unpaired) electrons. The molecule has 0 bridgehead atoms. The molecule has 0 spiro atoms. The van der Waals surface area contributed by atoms with E-state index < -0.39 is 0 Å². The van der Waals surface area contributed by atoms with E-state index in [2.05, 4.69) is 31.7 Å². The minimum absolute atomic E-state index is 0.640. The zero-order valence-corrected chi connectivity index (χ0v) is 13.8. The molecule has 0 aliphatic carbocycles. The molecule has 3 rings (SSSR count). The van der Waals surface area contributed by atoms with Gasteiger partial charge in [0.15, 0.2) is 0 Å². The molecule has 1 aliphatic heterocycles. The summed E-state index contributed by atoms with van der Waals surface area (Å²) >= 11 is 1.37. The topological polar surface area (TPSA) is 63.2 Å². The summed E-state index contributed by atoms with van der Waals surface area (Å²) in [6, 6.07) is 4.15. The second kappa shape index (κ2) is 7.02. The van der Waals surface area contributed by atoms with Crippen LogP contribution in [0, 0.1) is 6.92 Å². The Labute approximate surface area is 134 Å². The summed E-state index contributed by atoms with van der Waals surface area (Å²) in [7, 11) is 1.68. The van der Waals surface area contributed by atoms with Crippen molar-refractivity contribution in [2.75, 3.05) is 37.0 Å². The Bertz CT molecular complexity index is 624. The molecule has 2 aromatic heterocycles. The normalized spacial score (nSPS) is 14.5. The molecule has 0 amide bonds. The molecule has 1 fully saturated rings. The Morgan fingerprint density at radius 2 is 2.09 bits per heavy atom. The molecule has 0 atom stereocenters. The smallest absolute Gasteiger partial charge is 0.207 e. The van der Waals surface area contributed by atoms with E-state index in [0.29, 0.717) is 6.61 Å². The van der Waals surface area contributed by atoms with E-state index in [1.807, 2.05) is 6.92 Å². The predicted molar refractivity (Wildman–Crippen MR) is 89.2 cm³/mol. The lowest BCUT2D eigenvalue weighted by atomic mass is 10.3. The summed E-state index contributed by atoms with van der Waals surface area (Å²) in [5, 5.41) is 4.11. The SMILES string of the molecule is COCCc1nsc(Nc2ccc(N3CCCC3)nc2C)n1. The standard InChI is InChI=1S/C15H21N5OS/c1-11-12(5-6-14(16-11)20-8-3-4-9-20)17-15-18-13(19-22-15)7-10-21-2/h5-6H,3-4,7-10H2,1-2H3,(H,17,18,19). The number of aromatic nitrogens is 3. The summed E-state index contributed by atoms with van der Waals surface area (Å²) in [4.78, 5) is 11.5. The third-order valence-corrected chi connectivity index (χ3v) is 4.41. The largest absolute Gasteiger partial charge is 0.384 e. The van der Waals surface area contributed by atoms with Crippen LogP contribution < -0.4 is 10.2 Å².